The van der Waals surface area contributed by atoms with Crippen molar-refractivity contribution >= 4 is 33.9 Å². The van der Waals surface area contributed by atoms with Gasteiger partial charge in [0.15, 0.2) is 0 Å². The molecular weight excluding hydrogens is 384 g/mol. The minimum Gasteiger partial charge on any atom is -0.342 e. The molecule has 1 amide bonds. The van der Waals surface area contributed by atoms with Crippen molar-refractivity contribution in [3.8, 4) is 0 Å². The quantitative estimate of drug-likeness (QED) is 0.331. The Labute approximate surface area is 179 Å². The van der Waals surface area contributed by atoms with Crippen LogP contribution in [-0.4, -0.2) is 21.7 Å². The van der Waals surface area contributed by atoms with Crippen molar-refractivity contribution in [3.63, 3.8) is 0 Å². The highest BCUT2D eigenvalue weighted by molar-refractivity contribution is 6.00. The van der Waals surface area contributed by atoms with E-state index in [1.165, 1.54) is 5.56 Å². The molecule has 0 radical (unpaired) electrons. The molecule has 0 bridgehead atoms. The van der Waals surface area contributed by atoms with Gasteiger partial charge in [0.1, 0.15) is 5.69 Å². The third-order valence-electron chi connectivity index (χ3n) is 5.22. The first kappa shape index (κ1) is 18.8. The van der Waals surface area contributed by atoms with E-state index in [4.69, 9.17) is 0 Å². The molecule has 0 spiro atoms. The van der Waals surface area contributed by atoms with Crippen LogP contribution >= 0.6 is 0 Å². The zero-order chi connectivity index (χ0) is 21.0. The lowest BCUT2D eigenvalue weighted by Gasteiger charge is -2.05. The van der Waals surface area contributed by atoms with Gasteiger partial charge in [-0.1, -0.05) is 72.8 Å². The van der Waals surface area contributed by atoms with Gasteiger partial charge in [-0.05, 0) is 23.8 Å². The zero-order valence-corrected chi connectivity index (χ0v) is 16.8. The summed E-state index contributed by atoms with van der Waals surface area (Å²) in [5.74, 6) is -0.338. The largest absolute Gasteiger partial charge is 0.342 e. The molecule has 3 aromatic carbocycles. The van der Waals surface area contributed by atoms with Crippen molar-refractivity contribution < 1.29 is 4.79 Å². The first-order valence-corrected chi connectivity index (χ1v) is 10.1. The molecule has 5 nitrogen and oxygen atoms in total. The lowest BCUT2D eigenvalue weighted by atomic mass is 10.2. The molecule has 1 N–H and O–H groups in total. The van der Waals surface area contributed by atoms with E-state index in [-0.39, 0.29) is 5.91 Å². The molecule has 0 aliphatic heterocycles. The molecule has 2 heterocycles. The first-order valence-electron chi connectivity index (χ1n) is 10.1. The Balaban J connectivity index is 1.37. The van der Waals surface area contributed by atoms with Gasteiger partial charge in [-0.25, -0.2) is 10.4 Å². The van der Waals surface area contributed by atoms with E-state index < -0.39 is 0 Å². The number of nitrogens with zero attached hydrogens (tertiary/aromatic N) is 3. The van der Waals surface area contributed by atoms with E-state index >= 15 is 0 Å². The van der Waals surface area contributed by atoms with Crippen LogP contribution in [0.3, 0.4) is 0 Å². The number of aromatic nitrogens is 2. The maximum Gasteiger partial charge on any atom is 0.289 e. The number of hydrogen-bond acceptors (Lipinski definition) is 3. The van der Waals surface area contributed by atoms with Crippen molar-refractivity contribution in [2.75, 3.05) is 0 Å². The summed E-state index contributed by atoms with van der Waals surface area (Å²) in [7, 11) is 0. The van der Waals surface area contributed by atoms with Crippen LogP contribution in [0.1, 0.15) is 21.6 Å². The topological polar surface area (TPSA) is 59.3 Å². The van der Waals surface area contributed by atoms with Crippen LogP contribution in [-0.2, 0) is 6.54 Å². The van der Waals surface area contributed by atoms with Crippen LogP contribution in [0.15, 0.2) is 102 Å². The number of amides is 1. The van der Waals surface area contributed by atoms with Gasteiger partial charge < -0.3 is 4.57 Å². The molecule has 0 fully saturated rings. The van der Waals surface area contributed by atoms with Crippen LogP contribution in [0.25, 0.3) is 21.8 Å². The van der Waals surface area contributed by atoms with E-state index in [0.717, 1.165) is 33.9 Å². The summed E-state index contributed by atoms with van der Waals surface area (Å²) in [5.41, 5.74) is 7.00. The Morgan fingerprint density at radius 1 is 0.903 bits per heavy atom. The predicted octanol–water partition coefficient (Wildman–Crippen LogP) is 5.00. The number of benzene rings is 3. The van der Waals surface area contributed by atoms with Crippen molar-refractivity contribution in [3.05, 3.63) is 114 Å². The third kappa shape index (κ3) is 3.94. The molecule has 0 aliphatic rings. The highest BCUT2D eigenvalue weighted by atomic mass is 16.2. The molecule has 0 saturated carbocycles. The van der Waals surface area contributed by atoms with Gasteiger partial charge in [-0.15, -0.1) is 0 Å². The van der Waals surface area contributed by atoms with E-state index in [1.807, 2.05) is 60.7 Å². The maximum absolute atomic E-state index is 12.5. The van der Waals surface area contributed by atoms with Gasteiger partial charge in [0.25, 0.3) is 5.91 Å². The van der Waals surface area contributed by atoms with Gasteiger partial charge in [0.05, 0.1) is 11.7 Å². The van der Waals surface area contributed by atoms with Crippen molar-refractivity contribution in [2.24, 2.45) is 5.10 Å². The van der Waals surface area contributed by atoms with Gasteiger partial charge in [-0.2, -0.15) is 5.10 Å². The molecular formula is C26H20N4O. The second-order valence-corrected chi connectivity index (χ2v) is 7.30. The highest BCUT2D eigenvalue weighted by Gasteiger charge is 2.09. The Morgan fingerprint density at radius 2 is 1.68 bits per heavy atom. The molecule has 2 aromatic heterocycles. The minimum atomic E-state index is -0.338. The maximum atomic E-state index is 12.5. The number of nitrogens with one attached hydrogen (secondary N) is 1. The predicted molar refractivity (Wildman–Crippen MR) is 124 cm³/mol. The average molecular weight is 404 g/mol. The molecule has 0 unspecified atom stereocenters. The SMILES string of the molecule is O=C(N/N=C\c1cn(Cc2ccccc2)c2ccccc12)c1ccc2ccccc2n1. The lowest BCUT2D eigenvalue weighted by Crippen LogP contribution is -2.18. The first-order chi connectivity index (χ1) is 15.3. The standard InChI is InChI=1S/C26H20N4O/c31-26(24-15-14-20-10-4-6-12-23(20)28-24)29-27-16-21-18-30(17-19-8-2-1-3-9-19)25-13-7-5-11-22(21)25/h1-16,18H,17H2,(H,29,31)/b27-16-. The molecule has 5 aromatic rings. The number of fused-ring (bicyclic) bond motifs is 2. The number of para-hydroxylation sites is 2. The van der Waals surface area contributed by atoms with Gasteiger partial charge in [0, 0.05) is 34.6 Å². The number of hydrazone groups is 1. The fourth-order valence-corrected chi connectivity index (χ4v) is 3.70. The lowest BCUT2D eigenvalue weighted by molar-refractivity contribution is 0.0950. The Morgan fingerprint density at radius 3 is 2.58 bits per heavy atom. The smallest absolute Gasteiger partial charge is 0.289 e. The number of rotatable bonds is 5. The van der Waals surface area contributed by atoms with Gasteiger partial charge in [-0.3, -0.25) is 4.79 Å². The van der Waals surface area contributed by atoms with Crippen molar-refractivity contribution in [1.82, 2.24) is 15.0 Å². The van der Waals surface area contributed by atoms with Gasteiger partial charge in [0.2, 0.25) is 0 Å². The van der Waals surface area contributed by atoms with Crippen LogP contribution in [0, 0.1) is 0 Å². The van der Waals surface area contributed by atoms with E-state index in [9.17, 15) is 4.79 Å². The summed E-state index contributed by atoms with van der Waals surface area (Å²) in [5, 5.41) is 6.27. The van der Waals surface area contributed by atoms with Gasteiger partial charge >= 0.3 is 0 Å². The fourth-order valence-electron chi connectivity index (χ4n) is 3.70. The monoisotopic (exact) mass is 404 g/mol. The number of hydrogen-bond donors (Lipinski definition) is 1. The molecule has 0 aliphatic carbocycles. The van der Waals surface area contributed by atoms with E-state index in [0.29, 0.717) is 5.69 Å². The summed E-state index contributed by atoms with van der Waals surface area (Å²) in [6.45, 7) is 0.766. The highest BCUT2D eigenvalue weighted by Crippen LogP contribution is 2.21. The summed E-state index contributed by atoms with van der Waals surface area (Å²) < 4.78 is 2.19. The fraction of sp³-hybridized carbons (Fsp3) is 0.0385. The van der Waals surface area contributed by atoms with Crippen LogP contribution < -0.4 is 5.43 Å². The Hall–Kier alpha value is -4.25. The molecule has 5 heteroatoms. The zero-order valence-electron chi connectivity index (χ0n) is 16.8. The molecule has 150 valence electrons. The number of pyridine rings is 1. The summed E-state index contributed by atoms with van der Waals surface area (Å²) in [4.78, 5) is 16.9. The Kier molecular flexibility index (Phi) is 4.99. The summed E-state index contributed by atoms with van der Waals surface area (Å²) in [6.07, 6.45) is 3.74. The minimum absolute atomic E-state index is 0.336. The molecule has 5 rings (SSSR count). The van der Waals surface area contributed by atoms with Crippen molar-refractivity contribution in [2.45, 2.75) is 6.54 Å². The van der Waals surface area contributed by atoms with Crippen LogP contribution in [0.2, 0.25) is 0 Å². The van der Waals surface area contributed by atoms with Crippen LogP contribution in [0.4, 0.5) is 0 Å². The van der Waals surface area contributed by atoms with Crippen molar-refractivity contribution in [1.29, 1.82) is 0 Å². The molecule has 31 heavy (non-hydrogen) atoms. The van der Waals surface area contributed by atoms with Crippen LogP contribution in [0.5, 0.6) is 0 Å². The van der Waals surface area contributed by atoms with E-state index in [2.05, 4.69) is 50.5 Å². The number of carbonyl (C=O) groups excluding carboxylic acids is 1. The average Bonchev–Trinajstić information content (AvgIpc) is 3.17. The second kappa shape index (κ2) is 8.24. The molecule has 0 saturated heterocycles. The Bertz CT molecular complexity index is 1400. The normalized spacial score (nSPS) is 11.4. The molecule has 0 atom stereocenters. The summed E-state index contributed by atoms with van der Waals surface area (Å²) >= 11 is 0. The van der Waals surface area contributed by atoms with E-state index in [1.54, 1.807) is 12.3 Å². The third-order valence-corrected chi connectivity index (χ3v) is 5.22. The second-order valence-electron chi connectivity index (χ2n) is 7.30. The summed E-state index contributed by atoms with van der Waals surface area (Å²) in [6, 6.07) is 29.8. The number of carbonyl (C=O) groups is 1.